The van der Waals surface area contributed by atoms with Crippen molar-refractivity contribution in [2.24, 2.45) is 0 Å². The first-order valence-electron chi connectivity index (χ1n) is 7.50. The Balaban J connectivity index is 2.23. The number of nitrogens with one attached hydrogen (secondary N) is 1. The standard InChI is InChI=1S/C16H24FN3O/c1-4-7-14-16(21)20(11-10-19(2)3)15(18-14)12-8-5-6-9-13(12)17/h5-6,8-9,14-15,18H,4,7,10-11H2,1-3H3. The lowest BCUT2D eigenvalue weighted by Crippen LogP contribution is -2.36. The van der Waals surface area contributed by atoms with Gasteiger partial charge in [0.25, 0.3) is 0 Å². The minimum atomic E-state index is -0.366. The summed E-state index contributed by atoms with van der Waals surface area (Å²) in [5.74, 6) is -0.193. The van der Waals surface area contributed by atoms with Crippen molar-refractivity contribution in [3.63, 3.8) is 0 Å². The fourth-order valence-electron chi connectivity index (χ4n) is 2.68. The van der Waals surface area contributed by atoms with Gasteiger partial charge >= 0.3 is 0 Å². The monoisotopic (exact) mass is 293 g/mol. The lowest BCUT2D eigenvalue weighted by Gasteiger charge is -2.26. The molecule has 1 aliphatic rings. The van der Waals surface area contributed by atoms with Gasteiger partial charge in [0, 0.05) is 18.7 Å². The maximum Gasteiger partial charge on any atom is 0.241 e. The van der Waals surface area contributed by atoms with E-state index in [4.69, 9.17) is 0 Å². The summed E-state index contributed by atoms with van der Waals surface area (Å²) in [5.41, 5.74) is 0.545. The molecule has 5 heteroatoms. The molecule has 1 saturated heterocycles. The van der Waals surface area contributed by atoms with Gasteiger partial charge in [-0.3, -0.25) is 10.1 Å². The first-order chi connectivity index (χ1) is 10.0. The maximum absolute atomic E-state index is 14.1. The molecule has 1 aliphatic heterocycles. The highest BCUT2D eigenvalue weighted by molar-refractivity contribution is 5.84. The summed E-state index contributed by atoms with van der Waals surface area (Å²) in [5, 5.41) is 3.29. The first-order valence-corrected chi connectivity index (χ1v) is 7.50. The number of amides is 1. The second-order valence-corrected chi connectivity index (χ2v) is 5.77. The molecule has 4 nitrogen and oxygen atoms in total. The minimum Gasteiger partial charge on any atom is -0.320 e. The zero-order chi connectivity index (χ0) is 15.4. The van der Waals surface area contributed by atoms with Crippen LogP contribution >= 0.6 is 0 Å². The molecule has 0 bridgehead atoms. The molecule has 1 heterocycles. The fourth-order valence-corrected chi connectivity index (χ4v) is 2.68. The van der Waals surface area contributed by atoms with E-state index in [-0.39, 0.29) is 23.9 Å². The average molecular weight is 293 g/mol. The van der Waals surface area contributed by atoms with Crippen molar-refractivity contribution in [3.8, 4) is 0 Å². The Labute approximate surface area is 125 Å². The molecule has 116 valence electrons. The highest BCUT2D eigenvalue weighted by Crippen LogP contribution is 2.28. The van der Waals surface area contributed by atoms with Gasteiger partial charge in [0.1, 0.15) is 12.0 Å². The molecule has 2 rings (SSSR count). The Bertz CT molecular complexity index is 492. The van der Waals surface area contributed by atoms with Crippen LogP contribution < -0.4 is 5.32 Å². The normalized spacial score (nSPS) is 22.3. The van der Waals surface area contributed by atoms with Crippen LogP contribution in [0.1, 0.15) is 31.5 Å². The molecule has 0 spiro atoms. The molecule has 1 fully saturated rings. The number of hydrogen-bond donors (Lipinski definition) is 1. The second-order valence-electron chi connectivity index (χ2n) is 5.77. The van der Waals surface area contributed by atoms with Gasteiger partial charge in [-0.25, -0.2) is 4.39 Å². The number of carbonyl (C=O) groups is 1. The van der Waals surface area contributed by atoms with Crippen molar-refractivity contribution in [2.45, 2.75) is 32.0 Å². The Morgan fingerprint density at radius 2 is 2.05 bits per heavy atom. The van der Waals surface area contributed by atoms with Crippen molar-refractivity contribution in [3.05, 3.63) is 35.6 Å². The first kappa shape index (κ1) is 15.9. The average Bonchev–Trinajstić information content (AvgIpc) is 2.74. The van der Waals surface area contributed by atoms with Crippen LogP contribution in [0.2, 0.25) is 0 Å². The van der Waals surface area contributed by atoms with E-state index in [1.54, 1.807) is 17.0 Å². The number of nitrogens with zero attached hydrogens (tertiary/aromatic N) is 2. The van der Waals surface area contributed by atoms with Crippen LogP contribution in [0.15, 0.2) is 24.3 Å². The number of rotatable bonds is 6. The van der Waals surface area contributed by atoms with Gasteiger partial charge in [0.15, 0.2) is 0 Å². The molecule has 0 saturated carbocycles. The smallest absolute Gasteiger partial charge is 0.241 e. The van der Waals surface area contributed by atoms with Crippen molar-refractivity contribution < 1.29 is 9.18 Å². The zero-order valence-electron chi connectivity index (χ0n) is 13.0. The molecule has 2 atom stereocenters. The molecule has 1 amide bonds. The maximum atomic E-state index is 14.1. The van der Waals surface area contributed by atoms with Crippen molar-refractivity contribution in [1.29, 1.82) is 0 Å². The summed E-state index contributed by atoms with van der Waals surface area (Å²) in [6.45, 7) is 3.41. The van der Waals surface area contributed by atoms with Crippen LogP contribution in [-0.4, -0.2) is 48.9 Å². The van der Waals surface area contributed by atoms with Gasteiger partial charge in [-0.1, -0.05) is 31.5 Å². The van der Waals surface area contributed by atoms with E-state index in [0.717, 1.165) is 19.4 Å². The lowest BCUT2D eigenvalue weighted by atomic mass is 10.1. The minimum absolute atomic E-state index is 0.0759. The Morgan fingerprint density at radius 1 is 1.33 bits per heavy atom. The van der Waals surface area contributed by atoms with Crippen LogP contribution in [0.4, 0.5) is 4.39 Å². The van der Waals surface area contributed by atoms with Crippen molar-refractivity contribution in [2.75, 3.05) is 27.2 Å². The molecule has 21 heavy (non-hydrogen) atoms. The van der Waals surface area contributed by atoms with E-state index in [1.807, 2.05) is 25.1 Å². The van der Waals surface area contributed by atoms with E-state index in [9.17, 15) is 9.18 Å². The number of likely N-dealkylation sites (N-methyl/N-ethyl adjacent to an activating group) is 1. The summed E-state index contributed by atoms with van der Waals surface area (Å²) in [6.07, 6.45) is 1.34. The lowest BCUT2D eigenvalue weighted by molar-refractivity contribution is -0.130. The quantitative estimate of drug-likeness (QED) is 0.871. The van der Waals surface area contributed by atoms with Gasteiger partial charge in [0.05, 0.1) is 6.04 Å². The highest BCUT2D eigenvalue weighted by atomic mass is 19.1. The number of benzene rings is 1. The number of carbonyl (C=O) groups excluding carboxylic acids is 1. The van der Waals surface area contributed by atoms with E-state index >= 15 is 0 Å². The summed E-state index contributed by atoms with van der Waals surface area (Å²) < 4.78 is 14.1. The van der Waals surface area contributed by atoms with Crippen LogP contribution in [0.25, 0.3) is 0 Å². The molecule has 0 aliphatic carbocycles. The van der Waals surface area contributed by atoms with E-state index in [0.29, 0.717) is 12.1 Å². The van der Waals surface area contributed by atoms with Crippen LogP contribution in [0.5, 0.6) is 0 Å². The molecule has 1 N–H and O–H groups in total. The van der Waals surface area contributed by atoms with Crippen LogP contribution in [0.3, 0.4) is 0 Å². The fraction of sp³-hybridized carbons (Fsp3) is 0.562. The molecular weight excluding hydrogens is 269 g/mol. The van der Waals surface area contributed by atoms with Crippen LogP contribution in [-0.2, 0) is 4.79 Å². The number of halogens is 1. The molecule has 0 radical (unpaired) electrons. The highest BCUT2D eigenvalue weighted by Gasteiger charge is 2.39. The third-order valence-electron chi connectivity index (χ3n) is 3.82. The van der Waals surface area contributed by atoms with Crippen LogP contribution in [0, 0.1) is 5.82 Å². The van der Waals surface area contributed by atoms with E-state index < -0.39 is 0 Å². The zero-order valence-corrected chi connectivity index (χ0v) is 13.0. The second kappa shape index (κ2) is 7.00. The summed E-state index contributed by atoms with van der Waals surface area (Å²) >= 11 is 0. The molecule has 2 unspecified atom stereocenters. The van der Waals surface area contributed by atoms with Gasteiger partial charge < -0.3 is 9.80 Å². The predicted octanol–water partition coefficient (Wildman–Crippen LogP) is 1.99. The van der Waals surface area contributed by atoms with Gasteiger partial charge in [-0.05, 0) is 26.6 Å². The summed E-state index contributed by atoms with van der Waals surface area (Å²) in [4.78, 5) is 16.3. The Kier molecular flexibility index (Phi) is 5.31. The third kappa shape index (κ3) is 3.60. The summed E-state index contributed by atoms with van der Waals surface area (Å²) in [7, 11) is 3.94. The summed E-state index contributed by atoms with van der Waals surface area (Å²) in [6, 6.07) is 6.46. The molecular formula is C16H24FN3O. The number of hydrogen-bond acceptors (Lipinski definition) is 3. The van der Waals surface area contributed by atoms with Crippen molar-refractivity contribution in [1.82, 2.24) is 15.1 Å². The molecule has 1 aromatic carbocycles. The Morgan fingerprint density at radius 3 is 2.67 bits per heavy atom. The topological polar surface area (TPSA) is 35.6 Å². The SMILES string of the molecule is CCCC1NC(c2ccccc2F)N(CCN(C)C)C1=O. The largest absolute Gasteiger partial charge is 0.320 e. The van der Waals surface area contributed by atoms with Crippen molar-refractivity contribution >= 4 is 5.91 Å². The van der Waals surface area contributed by atoms with E-state index in [1.165, 1.54) is 6.07 Å². The van der Waals surface area contributed by atoms with E-state index in [2.05, 4.69) is 12.2 Å². The third-order valence-corrected chi connectivity index (χ3v) is 3.82. The van der Waals surface area contributed by atoms with Gasteiger partial charge in [-0.15, -0.1) is 0 Å². The van der Waals surface area contributed by atoms with Gasteiger partial charge in [-0.2, -0.15) is 0 Å². The molecule has 1 aromatic rings. The molecule has 0 aromatic heterocycles. The van der Waals surface area contributed by atoms with Gasteiger partial charge in [0.2, 0.25) is 5.91 Å². The Hall–Kier alpha value is -1.46. The predicted molar refractivity (Wildman–Crippen MR) is 81.2 cm³/mol.